The topological polar surface area (TPSA) is 83.9 Å². The van der Waals surface area contributed by atoms with E-state index in [9.17, 15) is 9.59 Å². The average molecular weight is 398 g/mol. The minimum atomic E-state index is -0.313. The zero-order valence-corrected chi connectivity index (χ0v) is 16.6. The molecular weight excluding hydrogens is 374 g/mol. The molecule has 0 unspecified atom stereocenters. The molecule has 1 atom stereocenters. The van der Waals surface area contributed by atoms with Crippen LogP contribution in [0.2, 0.25) is 0 Å². The van der Waals surface area contributed by atoms with Gasteiger partial charge in [-0.2, -0.15) is 5.10 Å². The van der Waals surface area contributed by atoms with Gasteiger partial charge in [-0.3, -0.25) is 9.59 Å². The maximum absolute atomic E-state index is 12.8. The van der Waals surface area contributed by atoms with Crippen molar-refractivity contribution in [2.75, 3.05) is 13.1 Å². The first-order valence-corrected chi connectivity index (χ1v) is 10.5. The summed E-state index contributed by atoms with van der Waals surface area (Å²) in [6, 6.07) is 9.56. The van der Waals surface area contributed by atoms with Crippen LogP contribution in [0.4, 0.5) is 0 Å². The van der Waals surface area contributed by atoms with Gasteiger partial charge in [-0.05, 0) is 31.9 Å². The van der Waals surface area contributed by atoms with E-state index in [0.29, 0.717) is 16.2 Å². The number of hydrogen-bond acceptors (Lipinski definition) is 5. The molecule has 4 rings (SSSR count). The smallest absolute Gasteiger partial charge is 0.262 e. The second-order valence-electron chi connectivity index (χ2n) is 7.00. The number of hydrogen-bond donors (Lipinski definition) is 1. The third-order valence-corrected chi connectivity index (χ3v) is 5.94. The van der Waals surface area contributed by atoms with Gasteiger partial charge in [-0.15, -0.1) is 0 Å². The summed E-state index contributed by atoms with van der Waals surface area (Å²) in [5, 5.41) is 4.87. The quantitative estimate of drug-likeness (QED) is 0.540. The van der Waals surface area contributed by atoms with E-state index >= 15 is 0 Å². The van der Waals surface area contributed by atoms with Crippen LogP contribution in [-0.2, 0) is 4.79 Å². The Morgan fingerprint density at radius 3 is 2.57 bits per heavy atom. The number of aromatic amines is 1. The predicted molar refractivity (Wildman–Crippen MR) is 110 cm³/mol. The summed E-state index contributed by atoms with van der Waals surface area (Å²) in [5.41, 5.74) is 1.08. The number of para-hydroxylation sites is 1. The van der Waals surface area contributed by atoms with Crippen molar-refractivity contribution in [3.63, 3.8) is 0 Å². The molecule has 1 saturated heterocycles. The molecule has 0 bridgehead atoms. The van der Waals surface area contributed by atoms with Crippen LogP contribution in [-0.4, -0.2) is 48.9 Å². The van der Waals surface area contributed by atoms with Crippen molar-refractivity contribution in [1.82, 2.24) is 24.6 Å². The number of carbonyl (C=O) groups is 1. The molecule has 0 spiro atoms. The van der Waals surface area contributed by atoms with E-state index in [0.717, 1.165) is 31.6 Å². The molecule has 0 aliphatic carbocycles. The van der Waals surface area contributed by atoms with E-state index in [2.05, 4.69) is 15.1 Å². The Bertz CT molecular complexity index is 1020. The Morgan fingerprint density at radius 2 is 1.86 bits per heavy atom. The second-order valence-corrected chi connectivity index (χ2v) is 8.33. The van der Waals surface area contributed by atoms with Crippen LogP contribution in [0.1, 0.15) is 32.6 Å². The summed E-state index contributed by atoms with van der Waals surface area (Å²) < 4.78 is 1.65. The highest BCUT2D eigenvalue weighted by atomic mass is 32.2. The molecule has 28 heavy (non-hydrogen) atoms. The lowest BCUT2D eigenvalue weighted by Gasteiger charge is -2.23. The number of likely N-dealkylation sites (tertiary alicyclic amines) is 1. The number of fused-ring (bicyclic) bond motifs is 1. The number of rotatable bonds is 4. The lowest BCUT2D eigenvalue weighted by Crippen LogP contribution is -2.37. The van der Waals surface area contributed by atoms with Crippen molar-refractivity contribution in [2.24, 2.45) is 0 Å². The van der Waals surface area contributed by atoms with Crippen LogP contribution in [0.15, 0.2) is 46.5 Å². The predicted octanol–water partition coefficient (Wildman–Crippen LogP) is 2.99. The third-order valence-electron chi connectivity index (χ3n) is 4.97. The van der Waals surface area contributed by atoms with Gasteiger partial charge < -0.3 is 9.88 Å². The van der Waals surface area contributed by atoms with E-state index in [1.165, 1.54) is 30.8 Å². The summed E-state index contributed by atoms with van der Waals surface area (Å²) in [6.45, 7) is 3.50. The lowest BCUT2D eigenvalue weighted by molar-refractivity contribution is -0.130. The Hall–Kier alpha value is -2.61. The first-order chi connectivity index (χ1) is 13.6. The van der Waals surface area contributed by atoms with Crippen LogP contribution < -0.4 is 5.56 Å². The zero-order chi connectivity index (χ0) is 19.5. The van der Waals surface area contributed by atoms with Crippen molar-refractivity contribution in [3.8, 4) is 5.69 Å². The number of nitrogens with zero attached hydrogens (tertiary/aromatic N) is 4. The first-order valence-electron chi connectivity index (χ1n) is 9.62. The van der Waals surface area contributed by atoms with Crippen molar-refractivity contribution < 1.29 is 4.79 Å². The highest BCUT2D eigenvalue weighted by molar-refractivity contribution is 8.00. The molecule has 3 aromatic rings. The fraction of sp³-hybridized carbons (Fsp3) is 0.400. The maximum atomic E-state index is 12.8. The zero-order valence-electron chi connectivity index (χ0n) is 15.8. The van der Waals surface area contributed by atoms with E-state index in [4.69, 9.17) is 0 Å². The van der Waals surface area contributed by atoms with Crippen LogP contribution in [0.25, 0.3) is 16.7 Å². The molecule has 1 aromatic carbocycles. The molecule has 146 valence electrons. The number of carbonyl (C=O) groups excluding carboxylic acids is 1. The number of nitrogens with one attached hydrogen (secondary N) is 1. The fourth-order valence-corrected chi connectivity index (χ4v) is 4.35. The van der Waals surface area contributed by atoms with Crippen LogP contribution in [0.3, 0.4) is 0 Å². The maximum Gasteiger partial charge on any atom is 0.262 e. The van der Waals surface area contributed by atoms with E-state index < -0.39 is 0 Å². The van der Waals surface area contributed by atoms with Gasteiger partial charge in [-0.1, -0.05) is 42.8 Å². The van der Waals surface area contributed by atoms with Crippen molar-refractivity contribution in [2.45, 2.75) is 43.0 Å². The highest BCUT2D eigenvalue weighted by Crippen LogP contribution is 2.23. The normalized spacial score (nSPS) is 16.1. The largest absolute Gasteiger partial charge is 0.342 e. The Labute approximate surface area is 167 Å². The highest BCUT2D eigenvalue weighted by Gasteiger charge is 2.23. The van der Waals surface area contributed by atoms with E-state index in [1.54, 1.807) is 4.68 Å². The molecule has 0 radical (unpaired) electrons. The van der Waals surface area contributed by atoms with Gasteiger partial charge in [0.05, 0.1) is 17.1 Å². The number of H-pyrrole nitrogens is 1. The fourth-order valence-electron chi connectivity index (χ4n) is 3.48. The SMILES string of the molecule is C[C@@H](Sc1nc2c(cnn2-c2ccccc2)c(=O)[nH]1)C(=O)N1CCCCCC1. The molecular formula is C20H23N5O2S. The minimum Gasteiger partial charge on any atom is -0.342 e. The van der Waals surface area contributed by atoms with Gasteiger partial charge in [-0.25, -0.2) is 9.67 Å². The van der Waals surface area contributed by atoms with Crippen LogP contribution >= 0.6 is 11.8 Å². The third kappa shape index (κ3) is 3.82. The second kappa shape index (κ2) is 8.18. The molecule has 1 amide bonds. The van der Waals surface area contributed by atoms with E-state index in [1.807, 2.05) is 42.2 Å². The monoisotopic (exact) mass is 397 g/mol. The van der Waals surface area contributed by atoms with Gasteiger partial charge in [0, 0.05) is 13.1 Å². The number of amides is 1. The standard InChI is InChI=1S/C20H23N5O2S/c1-14(19(27)24-11-7-2-3-8-12-24)28-20-22-17-16(18(26)23-20)13-21-25(17)15-9-5-4-6-10-15/h4-6,9-10,13-14H,2-3,7-8,11-12H2,1H3,(H,22,23,26)/t14-/m1/s1. The van der Waals surface area contributed by atoms with Crippen LogP contribution in [0, 0.1) is 0 Å². The minimum absolute atomic E-state index is 0.103. The molecule has 3 heterocycles. The number of thioether (sulfide) groups is 1. The molecule has 2 aromatic heterocycles. The van der Waals surface area contributed by atoms with Crippen molar-refractivity contribution in [3.05, 3.63) is 46.9 Å². The van der Waals surface area contributed by atoms with Gasteiger partial charge in [0.2, 0.25) is 5.91 Å². The lowest BCUT2D eigenvalue weighted by atomic mass is 10.2. The Balaban J connectivity index is 1.60. The van der Waals surface area contributed by atoms with Crippen LogP contribution in [0.5, 0.6) is 0 Å². The summed E-state index contributed by atoms with van der Waals surface area (Å²) >= 11 is 1.29. The number of aromatic nitrogens is 4. The molecule has 8 heteroatoms. The van der Waals surface area contributed by atoms with Gasteiger partial charge in [0.1, 0.15) is 5.39 Å². The number of benzene rings is 1. The van der Waals surface area contributed by atoms with Gasteiger partial charge in [0.25, 0.3) is 5.56 Å². The summed E-state index contributed by atoms with van der Waals surface area (Å²) in [4.78, 5) is 34.6. The average Bonchev–Trinajstić information content (AvgIpc) is 2.95. The molecule has 7 nitrogen and oxygen atoms in total. The molecule has 1 fully saturated rings. The summed E-state index contributed by atoms with van der Waals surface area (Å²) in [5.74, 6) is 0.103. The molecule has 1 aliphatic rings. The van der Waals surface area contributed by atoms with Crippen molar-refractivity contribution in [1.29, 1.82) is 0 Å². The van der Waals surface area contributed by atoms with E-state index in [-0.39, 0.29) is 16.7 Å². The summed E-state index contributed by atoms with van der Waals surface area (Å²) in [7, 11) is 0. The van der Waals surface area contributed by atoms with Gasteiger partial charge >= 0.3 is 0 Å². The Morgan fingerprint density at radius 1 is 1.14 bits per heavy atom. The summed E-state index contributed by atoms with van der Waals surface area (Å²) in [6.07, 6.45) is 6.00. The van der Waals surface area contributed by atoms with Crippen molar-refractivity contribution >= 4 is 28.7 Å². The van der Waals surface area contributed by atoms with Gasteiger partial charge in [0.15, 0.2) is 10.8 Å². The first kappa shape index (κ1) is 18.7. The molecule has 1 N–H and O–H groups in total. The molecule has 1 aliphatic heterocycles. The Kier molecular flexibility index (Phi) is 5.47. The molecule has 0 saturated carbocycles.